The summed E-state index contributed by atoms with van der Waals surface area (Å²) in [5, 5.41) is 16.8. The first-order valence-corrected chi connectivity index (χ1v) is 18.7. The lowest BCUT2D eigenvalue weighted by Crippen LogP contribution is -2.37. The second-order valence-electron chi connectivity index (χ2n) is 13.7. The van der Waals surface area contributed by atoms with E-state index in [1.807, 2.05) is 97.1 Å². The highest BCUT2D eigenvalue weighted by Crippen LogP contribution is 2.25. The third kappa shape index (κ3) is 10.7. The van der Waals surface area contributed by atoms with Gasteiger partial charge in [-0.05, 0) is 103 Å². The number of nitrogens with one attached hydrogen (secondary N) is 5. The number of piperidine rings is 1. The molecule has 0 bridgehead atoms. The Morgan fingerprint density at radius 3 is 1.46 bits per heavy atom. The number of aromatic nitrogens is 6. The number of nitrogen functional groups attached to an aromatic ring is 4. The van der Waals surface area contributed by atoms with E-state index in [9.17, 15) is 0 Å². The van der Waals surface area contributed by atoms with Crippen LogP contribution in [-0.4, -0.2) is 62.6 Å². The van der Waals surface area contributed by atoms with Crippen molar-refractivity contribution >= 4 is 69.8 Å². The Balaban J connectivity index is 0.991. The number of nitrogens with zero attached hydrogens (tertiary/aromatic N) is 7. The third-order valence-corrected chi connectivity index (χ3v) is 9.34. The zero-order valence-electron chi connectivity index (χ0n) is 31.1. The van der Waals surface area contributed by atoms with Gasteiger partial charge in [-0.1, -0.05) is 36.4 Å². The SMILES string of the molecule is Nc1ccc(CCNc2nc(NCC3CCN(c4nc(NCCc5ccc(N)cc5)nc(Nc5cccc(N)c5)n4)CC3)nc(Nc3cccc(N)c3)n2)cc1. The van der Waals surface area contributed by atoms with Crippen LogP contribution >= 0.6 is 0 Å². The molecule has 1 aliphatic rings. The van der Waals surface area contributed by atoms with Gasteiger partial charge in [0.1, 0.15) is 0 Å². The highest BCUT2D eigenvalue weighted by molar-refractivity contribution is 5.62. The van der Waals surface area contributed by atoms with Gasteiger partial charge in [0.2, 0.25) is 35.7 Å². The second kappa shape index (κ2) is 17.8. The van der Waals surface area contributed by atoms with E-state index in [0.717, 1.165) is 67.1 Å². The van der Waals surface area contributed by atoms with Gasteiger partial charge in [-0.15, -0.1) is 0 Å². The van der Waals surface area contributed by atoms with Crippen LogP contribution in [0.25, 0.3) is 0 Å². The Bertz CT molecular complexity index is 2190. The highest BCUT2D eigenvalue weighted by Gasteiger charge is 2.23. The molecule has 56 heavy (non-hydrogen) atoms. The van der Waals surface area contributed by atoms with Crippen molar-refractivity contribution in [2.75, 3.05) is 87.1 Å². The van der Waals surface area contributed by atoms with E-state index in [0.29, 0.717) is 72.6 Å². The van der Waals surface area contributed by atoms with Crippen molar-refractivity contribution < 1.29 is 0 Å². The van der Waals surface area contributed by atoms with Gasteiger partial charge in [0.05, 0.1) is 0 Å². The summed E-state index contributed by atoms with van der Waals surface area (Å²) in [5.74, 6) is 3.28. The summed E-state index contributed by atoms with van der Waals surface area (Å²) in [5.41, 5.74) is 30.5. The summed E-state index contributed by atoms with van der Waals surface area (Å²) >= 11 is 0. The maximum atomic E-state index is 6.04. The maximum Gasteiger partial charge on any atom is 0.233 e. The van der Waals surface area contributed by atoms with Gasteiger partial charge in [0.15, 0.2) is 0 Å². The van der Waals surface area contributed by atoms with E-state index < -0.39 is 0 Å². The van der Waals surface area contributed by atoms with Crippen LogP contribution in [0.2, 0.25) is 0 Å². The van der Waals surface area contributed by atoms with E-state index in [4.69, 9.17) is 37.9 Å². The molecule has 0 unspecified atom stereocenters. The van der Waals surface area contributed by atoms with Gasteiger partial charge >= 0.3 is 0 Å². The van der Waals surface area contributed by atoms with Gasteiger partial charge in [0.25, 0.3) is 0 Å². The molecule has 0 spiro atoms. The van der Waals surface area contributed by atoms with Crippen LogP contribution in [0.5, 0.6) is 0 Å². The predicted molar refractivity (Wildman–Crippen MR) is 227 cm³/mol. The lowest BCUT2D eigenvalue weighted by Gasteiger charge is -2.32. The van der Waals surface area contributed by atoms with Crippen molar-refractivity contribution in [1.29, 1.82) is 0 Å². The van der Waals surface area contributed by atoms with Gasteiger partial charge < -0.3 is 54.4 Å². The van der Waals surface area contributed by atoms with E-state index in [1.54, 1.807) is 0 Å². The minimum atomic E-state index is 0.375. The average Bonchev–Trinajstić information content (AvgIpc) is 3.19. The van der Waals surface area contributed by atoms with Crippen molar-refractivity contribution in [3.63, 3.8) is 0 Å². The van der Waals surface area contributed by atoms with Crippen LogP contribution in [-0.2, 0) is 12.8 Å². The molecule has 3 heterocycles. The molecule has 1 aliphatic heterocycles. The lowest BCUT2D eigenvalue weighted by molar-refractivity contribution is 0.419. The summed E-state index contributed by atoms with van der Waals surface area (Å²) in [6, 6.07) is 30.7. The van der Waals surface area contributed by atoms with E-state index in [1.165, 1.54) is 5.56 Å². The van der Waals surface area contributed by atoms with Gasteiger partial charge in [-0.3, -0.25) is 0 Å². The number of benzene rings is 4. The Labute approximate surface area is 326 Å². The summed E-state index contributed by atoms with van der Waals surface area (Å²) in [6.45, 7) is 3.52. The van der Waals surface area contributed by atoms with Gasteiger partial charge in [-0.2, -0.15) is 29.9 Å². The quantitative estimate of drug-likeness (QED) is 0.0553. The summed E-state index contributed by atoms with van der Waals surface area (Å²) in [6.07, 6.45) is 3.41. The zero-order chi connectivity index (χ0) is 38.7. The lowest BCUT2D eigenvalue weighted by atomic mass is 9.97. The third-order valence-electron chi connectivity index (χ3n) is 9.34. The molecule has 0 saturated carbocycles. The molecule has 1 saturated heterocycles. The Hall–Kier alpha value is -7.10. The molecule has 16 heteroatoms. The molecular weight excluding hydrogens is 705 g/mol. The largest absolute Gasteiger partial charge is 0.399 e. The van der Waals surface area contributed by atoms with Crippen molar-refractivity contribution in [2.45, 2.75) is 25.7 Å². The number of nitrogens with two attached hydrogens (primary N) is 4. The minimum Gasteiger partial charge on any atom is -0.399 e. The predicted octanol–water partition coefficient (Wildman–Crippen LogP) is 5.51. The zero-order valence-corrected chi connectivity index (χ0v) is 31.1. The number of anilines is 12. The number of hydrogen-bond donors (Lipinski definition) is 9. The minimum absolute atomic E-state index is 0.375. The standard InChI is InChI=1S/C40H48N16/c41-29-11-7-26(8-12-29)15-19-45-35-50-37(53-38(51-35)48-33-5-1-3-31(43)23-33)47-25-28-17-21-56(22-18-28)40-54-36(46-20-16-27-9-13-30(42)14-10-27)52-39(55-40)49-34-6-2-4-32(44)24-34/h1-14,23-24,28H,15-22,25,41-44H2,(H2,46,49,52,54,55)(H3,45,47,48,50,51,53). The second-order valence-corrected chi connectivity index (χ2v) is 13.7. The van der Waals surface area contributed by atoms with Crippen LogP contribution < -0.4 is 54.4 Å². The van der Waals surface area contributed by atoms with Crippen molar-refractivity contribution in [1.82, 2.24) is 29.9 Å². The summed E-state index contributed by atoms with van der Waals surface area (Å²) in [7, 11) is 0. The van der Waals surface area contributed by atoms with Gasteiger partial charge in [-0.25, -0.2) is 0 Å². The van der Waals surface area contributed by atoms with Crippen LogP contribution in [0.3, 0.4) is 0 Å². The molecule has 13 N–H and O–H groups in total. The van der Waals surface area contributed by atoms with Crippen molar-refractivity contribution in [3.05, 3.63) is 108 Å². The summed E-state index contributed by atoms with van der Waals surface area (Å²) < 4.78 is 0. The highest BCUT2D eigenvalue weighted by atomic mass is 15.3. The first-order chi connectivity index (χ1) is 27.3. The average molecular weight is 753 g/mol. The molecule has 288 valence electrons. The van der Waals surface area contributed by atoms with E-state index in [2.05, 4.69) is 46.4 Å². The fraction of sp³-hybridized carbons (Fsp3) is 0.250. The fourth-order valence-corrected chi connectivity index (χ4v) is 6.30. The number of hydrogen-bond acceptors (Lipinski definition) is 16. The monoisotopic (exact) mass is 752 g/mol. The fourth-order valence-electron chi connectivity index (χ4n) is 6.30. The van der Waals surface area contributed by atoms with Crippen LogP contribution in [0, 0.1) is 5.92 Å². The first-order valence-electron chi connectivity index (χ1n) is 18.7. The Kier molecular flexibility index (Phi) is 11.8. The topological polar surface area (TPSA) is 245 Å². The molecule has 0 radical (unpaired) electrons. The molecule has 16 nitrogen and oxygen atoms in total. The Morgan fingerprint density at radius 2 is 0.946 bits per heavy atom. The van der Waals surface area contributed by atoms with Crippen molar-refractivity contribution in [2.24, 2.45) is 5.92 Å². The smallest absolute Gasteiger partial charge is 0.233 e. The molecule has 6 aromatic rings. The first kappa shape index (κ1) is 37.2. The molecular formula is C40H48N16. The van der Waals surface area contributed by atoms with E-state index in [-0.39, 0.29) is 0 Å². The Morgan fingerprint density at radius 1 is 0.500 bits per heavy atom. The van der Waals surface area contributed by atoms with Crippen LogP contribution in [0.15, 0.2) is 97.1 Å². The maximum absolute atomic E-state index is 6.04. The molecule has 0 atom stereocenters. The van der Waals surface area contributed by atoms with Gasteiger partial charge in [0, 0.05) is 66.8 Å². The number of rotatable bonds is 16. The van der Waals surface area contributed by atoms with Crippen LogP contribution in [0.4, 0.5) is 69.8 Å². The molecule has 7 rings (SSSR count). The normalized spacial score (nSPS) is 12.9. The van der Waals surface area contributed by atoms with E-state index >= 15 is 0 Å². The molecule has 0 amide bonds. The van der Waals surface area contributed by atoms with Crippen molar-refractivity contribution in [3.8, 4) is 0 Å². The molecule has 0 aliphatic carbocycles. The molecule has 1 fully saturated rings. The molecule has 4 aromatic carbocycles. The molecule has 2 aromatic heterocycles. The van der Waals surface area contributed by atoms with Crippen LogP contribution in [0.1, 0.15) is 24.0 Å². The summed E-state index contributed by atoms with van der Waals surface area (Å²) in [4.78, 5) is 30.5.